The number of hydrogen-bond donors (Lipinski definition) is 1. The zero-order valence-corrected chi connectivity index (χ0v) is 20.8. The van der Waals surface area contributed by atoms with Crippen molar-refractivity contribution in [2.75, 3.05) is 23.1 Å². The largest absolute Gasteiger partial charge is 0.354 e. The zero-order valence-electron chi connectivity index (χ0n) is 18.4. The van der Waals surface area contributed by atoms with E-state index in [9.17, 15) is 13.2 Å². The summed E-state index contributed by atoms with van der Waals surface area (Å²) < 4.78 is 27.7. The van der Waals surface area contributed by atoms with E-state index in [2.05, 4.69) is 5.32 Å². The Balaban J connectivity index is 1.56. The molecule has 0 heterocycles. The van der Waals surface area contributed by atoms with Crippen molar-refractivity contribution in [3.63, 3.8) is 0 Å². The molecule has 0 saturated carbocycles. The number of carbonyl (C=O) groups is 1. The van der Waals surface area contributed by atoms with Gasteiger partial charge < -0.3 is 5.32 Å². The fraction of sp³-hybridized carbons (Fsp3) is 0.240. The van der Waals surface area contributed by atoms with E-state index >= 15 is 0 Å². The molecule has 0 aliphatic heterocycles. The number of carbonyl (C=O) groups excluding carboxylic acids is 1. The van der Waals surface area contributed by atoms with Crippen LogP contribution in [-0.2, 0) is 20.6 Å². The molecule has 0 aliphatic rings. The molecular formula is C25H27ClN2O3S2. The zero-order chi connectivity index (χ0) is 23.7. The molecular weight excluding hydrogens is 476 g/mol. The molecule has 0 fully saturated rings. The van der Waals surface area contributed by atoms with E-state index in [-0.39, 0.29) is 17.3 Å². The first-order valence-electron chi connectivity index (χ1n) is 10.6. The normalized spacial score (nSPS) is 11.2. The molecule has 0 atom stereocenters. The van der Waals surface area contributed by atoms with Gasteiger partial charge in [-0.2, -0.15) is 11.8 Å². The summed E-state index contributed by atoms with van der Waals surface area (Å²) >= 11 is 7.77. The van der Waals surface area contributed by atoms with Crippen molar-refractivity contribution in [3.05, 3.63) is 95.0 Å². The lowest BCUT2D eigenvalue weighted by Crippen LogP contribution is -2.41. The maximum absolute atomic E-state index is 13.3. The van der Waals surface area contributed by atoms with Crippen molar-refractivity contribution in [2.24, 2.45) is 0 Å². The number of aryl methyl sites for hydroxylation is 1. The summed E-state index contributed by atoms with van der Waals surface area (Å²) in [7, 11) is -3.88. The molecule has 5 nitrogen and oxygen atoms in total. The van der Waals surface area contributed by atoms with Gasteiger partial charge in [-0.25, -0.2) is 8.42 Å². The topological polar surface area (TPSA) is 66.5 Å². The number of nitrogens with zero attached hydrogens (tertiary/aromatic N) is 1. The molecule has 174 valence electrons. The van der Waals surface area contributed by atoms with Gasteiger partial charge in [0, 0.05) is 17.3 Å². The standard InChI is InChI=1S/C25H27ClN2O3S2/c1-20-11-13-23(14-12-20)28(33(30,31)24-9-3-2-4-10-24)18-25(29)27-15-6-16-32-19-21-7-5-8-22(26)17-21/h2-5,7-14,17H,6,15-16,18-19H2,1H3,(H,27,29). The number of anilines is 1. The minimum atomic E-state index is -3.88. The number of halogens is 1. The van der Waals surface area contributed by atoms with Gasteiger partial charge in [0.1, 0.15) is 6.54 Å². The van der Waals surface area contributed by atoms with Crippen LogP contribution < -0.4 is 9.62 Å². The third-order valence-corrected chi connectivity index (χ3v) is 8.02. The average molecular weight is 503 g/mol. The van der Waals surface area contributed by atoms with E-state index < -0.39 is 10.0 Å². The van der Waals surface area contributed by atoms with Crippen molar-refractivity contribution in [3.8, 4) is 0 Å². The van der Waals surface area contributed by atoms with Crippen LogP contribution in [0.1, 0.15) is 17.5 Å². The predicted octanol–water partition coefficient (Wildman–Crippen LogP) is 5.28. The Labute approximate surface area is 205 Å². The van der Waals surface area contributed by atoms with Crippen LogP contribution in [0.15, 0.2) is 83.8 Å². The van der Waals surface area contributed by atoms with Gasteiger partial charge in [-0.3, -0.25) is 9.10 Å². The number of amides is 1. The highest BCUT2D eigenvalue weighted by atomic mass is 35.5. The molecule has 8 heteroatoms. The summed E-state index contributed by atoms with van der Waals surface area (Å²) in [6, 6.07) is 23.0. The van der Waals surface area contributed by atoms with Gasteiger partial charge in [0.2, 0.25) is 5.91 Å². The smallest absolute Gasteiger partial charge is 0.264 e. The van der Waals surface area contributed by atoms with Gasteiger partial charge in [0.05, 0.1) is 10.6 Å². The third kappa shape index (κ3) is 7.52. The summed E-state index contributed by atoms with van der Waals surface area (Å²) in [5.74, 6) is 1.39. The molecule has 0 bridgehead atoms. The molecule has 3 aromatic carbocycles. The van der Waals surface area contributed by atoms with Crippen molar-refractivity contribution >= 4 is 45.0 Å². The molecule has 3 rings (SSSR count). The number of nitrogens with one attached hydrogen (secondary N) is 1. The number of rotatable bonds is 11. The van der Waals surface area contributed by atoms with Gasteiger partial charge in [-0.05, 0) is 61.1 Å². The molecule has 0 aromatic heterocycles. The maximum atomic E-state index is 13.3. The van der Waals surface area contributed by atoms with Crippen LogP contribution in [0.3, 0.4) is 0 Å². The molecule has 3 aromatic rings. The predicted molar refractivity (Wildman–Crippen MR) is 137 cm³/mol. The Morgan fingerprint density at radius 3 is 2.42 bits per heavy atom. The van der Waals surface area contributed by atoms with E-state index in [1.807, 2.05) is 43.3 Å². The van der Waals surface area contributed by atoms with Crippen LogP contribution in [0.5, 0.6) is 0 Å². The molecule has 1 amide bonds. The molecule has 0 spiro atoms. The van der Waals surface area contributed by atoms with E-state index in [1.54, 1.807) is 42.1 Å². The highest BCUT2D eigenvalue weighted by Gasteiger charge is 2.26. The van der Waals surface area contributed by atoms with Crippen molar-refractivity contribution in [2.45, 2.75) is 24.0 Å². The Hall–Kier alpha value is -2.48. The molecule has 0 unspecified atom stereocenters. The van der Waals surface area contributed by atoms with Crippen LogP contribution in [0.25, 0.3) is 0 Å². The number of benzene rings is 3. The lowest BCUT2D eigenvalue weighted by molar-refractivity contribution is -0.119. The second kappa shape index (κ2) is 12.1. The number of sulfonamides is 1. The van der Waals surface area contributed by atoms with Crippen LogP contribution in [-0.4, -0.2) is 33.2 Å². The van der Waals surface area contributed by atoms with Crippen molar-refractivity contribution in [1.29, 1.82) is 0 Å². The van der Waals surface area contributed by atoms with E-state index in [1.165, 1.54) is 12.1 Å². The quantitative estimate of drug-likeness (QED) is 0.362. The Morgan fingerprint density at radius 2 is 1.73 bits per heavy atom. The first-order valence-corrected chi connectivity index (χ1v) is 13.6. The van der Waals surface area contributed by atoms with Crippen LogP contribution in [0, 0.1) is 6.92 Å². The second-order valence-corrected chi connectivity index (χ2v) is 11.0. The van der Waals surface area contributed by atoms with Gasteiger partial charge in [0.25, 0.3) is 10.0 Å². The third-order valence-electron chi connectivity index (χ3n) is 4.89. The summed E-state index contributed by atoms with van der Waals surface area (Å²) in [4.78, 5) is 12.8. The molecule has 1 N–H and O–H groups in total. The highest BCUT2D eigenvalue weighted by Crippen LogP contribution is 2.24. The van der Waals surface area contributed by atoms with Gasteiger partial charge in [0.15, 0.2) is 0 Å². The van der Waals surface area contributed by atoms with E-state index in [0.29, 0.717) is 12.2 Å². The summed E-state index contributed by atoms with van der Waals surface area (Å²) in [5, 5.41) is 3.57. The summed E-state index contributed by atoms with van der Waals surface area (Å²) in [6.45, 7) is 2.13. The number of hydrogen-bond acceptors (Lipinski definition) is 4. The average Bonchev–Trinajstić information content (AvgIpc) is 2.81. The van der Waals surface area contributed by atoms with Crippen molar-refractivity contribution in [1.82, 2.24) is 5.32 Å². The van der Waals surface area contributed by atoms with Gasteiger partial charge >= 0.3 is 0 Å². The SMILES string of the molecule is Cc1ccc(N(CC(=O)NCCCSCc2cccc(Cl)c2)S(=O)(=O)c2ccccc2)cc1. The summed E-state index contributed by atoms with van der Waals surface area (Å²) in [5.41, 5.74) is 2.63. The monoisotopic (exact) mass is 502 g/mol. The lowest BCUT2D eigenvalue weighted by Gasteiger charge is -2.24. The molecule has 0 radical (unpaired) electrons. The Bertz CT molecular complexity index is 1150. The summed E-state index contributed by atoms with van der Waals surface area (Å²) in [6.07, 6.45) is 0.785. The van der Waals surface area contributed by atoms with Gasteiger partial charge in [-0.15, -0.1) is 0 Å². The van der Waals surface area contributed by atoms with Crippen LogP contribution >= 0.6 is 23.4 Å². The first kappa shape index (κ1) is 25.1. The van der Waals surface area contributed by atoms with Crippen molar-refractivity contribution < 1.29 is 13.2 Å². The molecule has 0 saturated heterocycles. The lowest BCUT2D eigenvalue weighted by atomic mass is 10.2. The first-order chi connectivity index (χ1) is 15.9. The minimum Gasteiger partial charge on any atom is -0.354 e. The highest BCUT2D eigenvalue weighted by molar-refractivity contribution is 7.98. The minimum absolute atomic E-state index is 0.149. The molecule has 33 heavy (non-hydrogen) atoms. The van der Waals surface area contributed by atoms with Crippen LogP contribution in [0.4, 0.5) is 5.69 Å². The maximum Gasteiger partial charge on any atom is 0.264 e. The fourth-order valence-corrected chi connectivity index (χ4v) is 5.71. The van der Waals surface area contributed by atoms with E-state index in [0.717, 1.165) is 38.4 Å². The number of thioether (sulfide) groups is 1. The second-order valence-electron chi connectivity index (χ2n) is 7.55. The fourth-order valence-electron chi connectivity index (χ4n) is 3.15. The van der Waals surface area contributed by atoms with Gasteiger partial charge in [-0.1, -0.05) is 59.6 Å². The molecule has 0 aliphatic carbocycles. The Morgan fingerprint density at radius 1 is 1.00 bits per heavy atom. The van der Waals surface area contributed by atoms with Crippen LogP contribution in [0.2, 0.25) is 5.02 Å². The van der Waals surface area contributed by atoms with E-state index in [4.69, 9.17) is 11.6 Å². The Kier molecular flexibility index (Phi) is 9.23.